The molecule has 0 aliphatic carbocycles. The molecule has 4 rings (SSSR count). The normalized spacial score (nSPS) is 11.2. The van der Waals surface area contributed by atoms with Gasteiger partial charge in [-0.2, -0.15) is 0 Å². The Balaban J connectivity index is 1.68. The molecule has 0 unspecified atom stereocenters. The summed E-state index contributed by atoms with van der Waals surface area (Å²) < 4.78 is 11.9. The SMILES string of the molecule is CC(C)COC(=O)c1c(-c2ccc(Cl)cc2)csc1NC(=O)c1nc2cc(Br)ccc2o1. The smallest absolute Gasteiger partial charge is 0.341 e. The molecule has 0 aliphatic rings. The van der Waals surface area contributed by atoms with Crippen molar-refractivity contribution < 1.29 is 18.7 Å². The summed E-state index contributed by atoms with van der Waals surface area (Å²) in [4.78, 5) is 30.1. The van der Waals surface area contributed by atoms with Gasteiger partial charge in [0.05, 0.1) is 6.61 Å². The molecule has 0 spiro atoms. The summed E-state index contributed by atoms with van der Waals surface area (Å²) in [6.07, 6.45) is 0. The van der Waals surface area contributed by atoms with E-state index in [1.807, 2.05) is 26.0 Å². The first-order chi connectivity index (χ1) is 15.3. The van der Waals surface area contributed by atoms with E-state index in [0.29, 0.717) is 26.7 Å². The fourth-order valence-corrected chi connectivity index (χ4v) is 4.39. The molecule has 0 bridgehead atoms. The van der Waals surface area contributed by atoms with Gasteiger partial charge in [-0.15, -0.1) is 11.3 Å². The maximum atomic E-state index is 13.0. The van der Waals surface area contributed by atoms with Crippen molar-refractivity contribution in [3.05, 3.63) is 68.8 Å². The van der Waals surface area contributed by atoms with E-state index in [9.17, 15) is 9.59 Å². The van der Waals surface area contributed by atoms with Gasteiger partial charge in [0, 0.05) is 20.4 Å². The lowest BCUT2D eigenvalue weighted by molar-refractivity contribution is 0.0461. The number of fused-ring (bicyclic) bond motifs is 1. The van der Waals surface area contributed by atoms with Gasteiger partial charge in [0.25, 0.3) is 5.89 Å². The summed E-state index contributed by atoms with van der Waals surface area (Å²) >= 11 is 10.6. The summed E-state index contributed by atoms with van der Waals surface area (Å²) in [5.74, 6) is -0.990. The van der Waals surface area contributed by atoms with E-state index in [-0.39, 0.29) is 24.0 Å². The molecule has 9 heteroatoms. The second-order valence-electron chi connectivity index (χ2n) is 7.44. The number of rotatable bonds is 6. The van der Waals surface area contributed by atoms with E-state index in [0.717, 1.165) is 10.0 Å². The Morgan fingerprint density at radius 3 is 2.69 bits per heavy atom. The number of ether oxygens (including phenoxy) is 1. The number of hydrogen-bond donors (Lipinski definition) is 1. The molecular weight excluding hydrogens is 516 g/mol. The number of nitrogens with one attached hydrogen (secondary N) is 1. The third-order valence-corrected chi connectivity index (χ3v) is 6.11. The monoisotopic (exact) mass is 532 g/mol. The van der Waals surface area contributed by atoms with Crippen LogP contribution in [0.2, 0.25) is 5.02 Å². The molecule has 2 heterocycles. The van der Waals surface area contributed by atoms with Crippen molar-refractivity contribution in [3.63, 3.8) is 0 Å². The van der Waals surface area contributed by atoms with Crippen LogP contribution < -0.4 is 5.32 Å². The van der Waals surface area contributed by atoms with Crippen LogP contribution >= 0.6 is 38.9 Å². The van der Waals surface area contributed by atoms with Crippen molar-refractivity contribution in [1.82, 2.24) is 4.98 Å². The average molecular weight is 534 g/mol. The minimum Gasteiger partial charge on any atom is -0.462 e. The Hall–Kier alpha value is -2.68. The first-order valence-corrected chi connectivity index (χ1v) is 11.8. The number of nitrogens with zero attached hydrogens (tertiary/aromatic N) is 1. The molecule has 0 saturated carbocycles. The molecule has 0 saturated heterocycles. The largest absolute Gasteiger partial charge is 0.462 e. The number of aromatic nitrogens is 1. The third kappa shape index (κ3) is 4.87. The predicted octanol–water partition coefficient (Wildman–Crippen LogP) is 7.04. The topological polar surface area (TPSA) is 81.4 Å². The molecule has 2 aromatic heterocycles. The lowest BCUT2D eigenvalue weighted by Gasteiger charge is -2.10. The molecular formula is C23H18BrClN2O4S. The van der Waals surface area contributed by atoms with Crippen LogP contribution in [0.25, 0.3) is 22.2 Å². The van der Waals surface area contributed by atoms with Gasteiger partial charge in [0.15, 0.2) is 5.58 Å². The molecule has 164 valence electrons. The molecule has 4 aromatic rings. The van der Waals surface area contributed by atoms with Crippen molar-refractivity contribution in [2.24, 2.45) is 5.92 Å². The van der Waals surface area contributed by atoms with Crippen LogP contribution in [0.4, 0.5) is 5.00 Å². The van der Waals surface area contributed by atoms with Crippen molar-refractivity contribution in [1.29, 1.82) is 0 Å². The number of benzene rings is 2. The summed E-state index contributed by atoms with van der Waals surface area (Å²) in [7, 11) is 0. The predicted molar refractivity (Wildman–Crippen MR) is 130 cm³/mol. The van der Waals surface area contributed by atoms with E-state index < -0.39 is 11.9 Å². The number of amides is 1. The zero-order valence-corrected chi connectivity index (χ0v) is 20.3. The number of esters is 1. The number of carbonyl (C=O) groups excluding carboxylic acids is 2. The van der Waals surface area contributed by atoms with Gasteiger partial charge in [-0.05, 0) is 41.8 Å². The number of hydrogen-bond acceptors (Lipinski definition) is 6. The van der Waals surface area contributed by atoms with Gasteiger partial charge >= 0.3 is 11.9 Å². The standard InChI is InChI=1S/C23H18BrClN2O4S/c1-12(2)10-30-23(29)19-16(13-3-6-15(25)7-4-13)11-32-22(19)27-20(28)21-26-17-9-14(24)5-8-18(17)31-21/h3-9,11-12H,10H2,1-2H3,(H,27,28). The number of oxazole rings is 1. The van der Waals surface area contributed by atoms with Crippen LogP contribution in [0.15, 0.2) is 56.7 Å². The maximum Gasteiger partial charge on any atom is 0.341 e. The third-order valence-electron chi connectivity index (χ3n) is 4.47. The Kier molecular flexibility index (Phi) is 6.64. The van der Waals surface area contributed by atoms with Crippen LogP contribution in [0.1, 0.15) is 34.9 Å². The Bertz CT molecular complexity index is 1300. The van der Waals surface area contributed by atoms with Crippen molar-refractivity contribution in [2.75, 3.05) is 11.9 Å². The minimum absolute atomic E-state index is 0.0963. The van der Waals surface area contributed by atoms with Crippen LogP contribution in [0, 0.1) is 5.92 Å². The van der Waals surface area contributed by atoms with Crippen molar-refractivity contribution >= 4 is 66.8 Å². The lowest BCUT2D eigenvalue weighted by Crippen LogP contribution is -2.16. The summed E-state index contributed by atoms with van der Waals surface area (Å²) in [5, 5.41) is 5.50. The summed E-state index contributed by atoms with van der Waals surface area (Å²) in [6, 6.07) is 12.4. The van der Waals surface area contributed by atoms with Crippen molar-refractivity contribution in [3.8, 4) is 11.1 Å². The molecule has 2 aromatic carbocycles. The molecule has 0 fully saturated rings. The Morgan fingerprint density at radius 1 is 1.22 bits per heavy atom. The second-order valence-corrected chi connectivity index (χ2v) is 9.67. The summed E-state index contributed by atoms with van der Waals surface area (Å²) in [6.45, 7) is 4.17. The van der Waals surface area contributed by atoms with Gasteiger partial charge < -0.3 is 14.5 Å². The quantitative estimate of drug-likeness (QED) is 0.269. The highest BCUT2D eigenvalue weighted by Crippen LogP contribution is 2.37. The fourth-order valence-electron chi connectivity index (χ4n) is 2.96. The van der Waals surface area contributed by atoms with Gasteiger partial charge in [-0.3, -0.25) is 4.79 Å². The minimum atomic E-state index is -0.556. The average Bonchev–Trinajstić information content (AvgIpc) is 3.36. The van der Waals surface area contributed by atoms with Gasteiger partial charge in [-0.1, -0.05) is 53.5 Å². The van der Waals surface area contributed by atoms with Gasteiger partial charge in [-0.25, -0.2) is 9.78 Å². The van der Waals surface area contributed by atoms with E-state index in [2.05, 4.69) is 26.2 Å². The number of anilines is 1. The molecule has 1 amide bonds. The van der Waals surface area contributed by atoms with Crippen LogP contribution in [-0.4, -0.2) is 23.5 Å². The zero-order valence-electron chi connectivity index (χ0n) is 17.1. The van der Waals surface area contributed by atoms with E-state index in [1.54, 1.807) is 35.7 Å². The molecule has 0 atom stereocenters. The van der Waals surface area contributed by atoms with E-state index in [1.165, 1.54) is 11.3 Å². The number of thiophene rings is 1. The van der Waals surface area contributed by atoms with Crippen LogP contribution in [-0.2, 0) is 4.74 Å². The highest BCUT2D eigenvalue weighted by molar-refractivity contribution is 9.10. The lowest BCUT2D eigenvalue weighted by atomic mass is 10.0. The van der Waals surface area contributed by atoms with Gasteiger partial charge in [0.2, 0.25) is 0 Å². The Labute approximate surface area is 201 Å². The Morgan fingerprint density at radius 2 is 1.97 bits per heavy atom. The zero-order chi connectivity index (χ0) is 22.8. The highest BCUT2D eigenvalue weighted by atomic mass is 79.9. The second kappa shape index (κ2) is 9.44. The maximum absolute atomic E-state index is 13.0. The molecule has 6 nitrogen and oxygen atoms in total. The molecule has 32 heavy (non-hydrogen) atoms. The van der Waals surface area contributed by atoms with Crippen molar-refractivity contribution in [2.45, 2.75) is 13.8 Å². The number of halogens is 2. The molecule has 0 radical (unpaired) electrons. The number of carbonyl (C=O) groups is 2. The van der Waals surface area contributed by atoms with Gasteiger partial charge in [0.1, 0.15) is 16.1 Å². The van der Waals surface area contributed by atoms with E-state index in [4.69, 9.17) is 20.8 Å². The van der Waals surface area contributed by atoms with Crippen LogP contribution in [0.5, 0.6) is 0 Å². The molecule has 1 N–H and O–H groups in total. The first-order valence-electron chi connectivity index (χ1n) is 9.74. The fraction of sp³-hybridized carbons (Fsp3) is 0.174. The highest BCUT2D eigenvalue weighted by Gasteiger charge is 2.25. The van der Waals surface area contributed by atoms with Crippen LogP contribution in [0.3, 0.4) is 0 Å². The van der Waals surface area contributed by atoms with E-state index >= 15 is 0 Å². The molecule has 0 aliphatic heterocycles. The summed E-state index contributed by atoms with van der Waals surface area (Å²) in [5.41, 5.74) is 2.76. The first kappa shape index (κ1) is 22.5.